The van der Waals surface area contributed by atoms with Crippen molar-refractivity contribution in [3.63, 3.8) is 0 Å². The standard InChI is InChI=1S/C20H24N4O3S.CH2O2/c1-27-17-8-11-23(14-17)16-4-2-5-18(12-16)28(25,26)24-13-15(7-9-21)20-19(24)6-3-10-22-20;2-1-3/h2-6,10,12-13,17H,7-9,11,14,21H2,1H3;1H,(H,2,3)/t17-;/m1./s1. The number of nitrogens with two attached hydrogens (primary N) is 1. The van der Waals surface area contributed by atoms with E-state index in [0.717, 1.165) is 30.8 Å². The van der Waals surface area contributed by atoms with Gasteiger partial charge in [0.15, 0.2) is 0 Å². The predicted octanol–water partition coefficient (Wildman–Crippen LogP) is 1.70. The van der Waals surface area contributed by atoms with E-state index in [1.54, 1.807) is 49.8 Å². The van der Waals surface area contributed by atoms with Gasteiger partial charge in [-0.15, -0.1) is 0 Å². The Morgan fingerprint density at radius 3 is 2.77 bits per heavy atom. The molecule has 1 aliphatic rings. The van der Waals surface area contributed by atoms with Crippen LogP contribution in [0.5, 0.6) is 0 Å². The van der Waals surface area contributed by atoms with Crippen LogP contribution < -0.4 is 10.6 Å². The monoisotopic (exact) mass is 446 g/mol. The van der Waals surface area contributed by atoms with Gasteiger partial charge in [0.2, 0.25) is 0 Å². The van der Waals surface area contributed by atoms with Crippen LogP contribution in [0.3, 0.4) is 0 Å². The first-order valence-corrected chi connectivity index (χ1v) is 11.3. The molecule has 1 aromatic carbocycles. The molecule has 3 heterocycles. The third kappa shape index (κ3) is 4.71. The molecule has 0 amide bonds. The molecule has 1 aliphatic heterocycles. The maximum Gasteiger partial charge on any atom is 0.290 e. The highest BCUT2D eigenvalue weighted by Crippen LogP contribution is 2.28. The quantitative estimate of drug-likeness (QED) is 0.548. The van der Waals surface area contributed by atoms with Crippen molar-refractivity contribution in [2.75, 3.05) is 31.6 Å². The minimum absolute atomic E-state index is 0.179. The Kier molecular flexibility index (Phi) is 7.26. The van der Waals surface area contributed by atoms with Crippen molar-refractivity contribution in [2.24, 2.45) is 5.73 Å². The van der Waals surface area contributed by atoms with Crippen molar-refractivity contribution in [2.45, 2.75) is 23.8 Å². The molecule has 10 heteroatoms. The summed E-state index contributed by atoms with van der Waals surface area (Å²) in [6.07, 6.45) is 4.99. The maximum absolute atomic E-state index is 13.4. The lowest BCUT2D eigenvalue weighted by Crippen LogP contribution is -2.22. The number of carboxylic acid groups (broad SMARTS) is 1. The highest BCUT2D eigenvalue weighted by Gasteiger charge is 2.25. The molecular formula is C21H26N4O5S. The molecular weight excluding hydrogens is 420 g/mol. The van der Waals surface area contributed by atoms with E-state index in [9.17, 15) is 8.42 Å². The van der Waals surface area contributed by atoms with Crippen molar-refractivity contribution in [3.8, 4) is 0 Å². The maximum atomic E-state index is 13.4. The molecule has 3 aromatic rings. The molecule has 0 saturated carbocycles. The highest BCUT2D eigenvalue weighted by molar-refractivity contribution is 7.90. The molecule has 31 heavy (non-hydrogen) atoms. The first-order chi connectivity index (χ1) is 15.0. The van der Waals surface area contributed by atoms with Gasteiger partial charge >= 0.3 is 0 Å². The lowest BCUT2D eigenvalue weighted by atomic mass is 10.2. The molecule has 3 N–H and O–H groups in total. The molecule has 166 valence electrons. The van der Waals surface area contributed by atoms with Gasteiger partial charge in [0, 0.05) is 38.3 Å². The fraction of sp³-hybridized carbons (Fsp3) is 0.333. The Bertz CT molecular complexity index is 1150. The van der Waals surface area contributed by atoms with Crippen LogP contribution in [-0.4, -0.2) is 61.8 Å². The zero-order valence-electron chi connectivity index (χ0n) is 17.2. The number of fused-ring (bicyclic) bond motifs is 1. The van der Waals surface area contributed by atoms with Gasteiger partial charge < -0.3 is 20.5 Å². The van der Waals surface area contributed by atoms with E-state index in [1.807, 2.05) is 6.07 Å². The van der Waals surface area contributed by atoms with Crippen molar-refractivity contribution in [1.29, 1.82) is 0 Å². The van der Waals surface area contributed by atoms with E-state index in [1.165, 1.54) is 3.97 Å². The van der Waals surface area contributed by atoms with Gasteiger partial charge in [0.1, 0.15) is 0 Å². The lowest BCUT2D eigenvalue weighted by molar-refractivity contribution is -0.122. The SMILES string of the molecule is CO[C@@H]1CCN(c2cccc(S(=O)(=O)n3cc(CCN)c4ncccc43)c2)C1.O=CO. The second-order valence-electron chi connectivity index (χ2n) is 7.06. The number of hydrogen-bond donors (Lipinski definition) is 2. The molecule has 1 atom stereocenters. The fourth-order valence-corrected chi connectivity index (χ4v) is 5.16. The predicted molar refractivity (Wildman–Crippen MR) is 118 cm³/mol. The molecule has 2 aromatic heterocycles. The van der Waals surface area contributed by atoms with Crippen LogP contribution in [0.4, 0.5) is 5.69 Å². The first-order valence-electron chi connectivity index (χ1n) is 9.82. The Morgan fingerprint density at radius 1 is 1.32 bits per heavy atom. The average Bonchev–Trinajstić information content (AvgIpc) is 3.40. The van der Waals surface area contributed by atoms with Crippen molar-refractivity contribution in [1.82, 2.24) is 8.96 Å². The van der Waals surface area contributed by atoms with Crippen LogP contribution in [0.1, 0.15) is 12.0 Å². The second-order valence-corrected chi connectivity index (χ2v) is 8.88. The molecule has 4 rings (SSSR count). The van der Waals surface area contributed by atoms with Gasteiger partial charge in [-0.2, -0.15) is 0 Å². The van der Waals surface area contributed by atoms with Crippen LogP contribution in [-0.2, 0) is 26.0 Å². The van der Waals surface area contributed by atoms with Crippen molar-refractivity contribution < 1.29 is 23.1 Å². The van der Waals surface area contributed by atoms with Gasteiger partial charge in [0.05, 0.1) is 22.0 Å². The van der Waals surface area contributed by atoms with Gasteiger partial charge in [0.25, 0.3) is 16.5 Å². The minimum Gasteiger partial charge on any atom is -0.483 e. The molecule has 1 saturated heterocycles. The summed E-state index contributed by atoms with van der Waals surface area (Å²) in [6, 6.07) is 10.6. The van der Waals surface area contributed by atoms with Crippen LogP contribution in [0.25, 0.3) is 11.0 Å². The second kappa shape index (κ2) is 9.90. The zero-order chi connectivity index (χ0) is 22.4. The summed E-state index contributed by atoms with van der Waals surface area (Å²) < 4.78 is 33.6. The van der Waals surface area contributed by atoms with E-state index < -0.39 is 10.0 Å². The Balaban J connectivity index is 0.000000858. The third-order valence-electron chi connectivity index (χ3n) is 5.23. The van der Waals surface area contributed by atoms with Crippen LogP contribution in [0, 0.1) is 0 Å². The number of pyridine rings is 1. The van der Waals surface area contributed by atoms with Gasteiger partial charge in [-0.25, -0.2) is 12.4 Å². The van der Waals surface area contributed by atoms with Crippen molar-refractivity contribution in [3.05, 3.63) is 54.4 Å². The molecule has 0 unspecified atom stereocenters. The summed E-state index contributed by atoms with van der Waals surface area (Å²) in [5, 5.41) is 6.89. The molecule has 1 fully saturated rings. The highest BCUT2D eigenvalue weighted by atomic mass is 32.2. The van der Waals surface area contributed by atoms with Gasteiger partial charge in [-0.1, -0.05) is 6.07 Å². The molecule has 0 spiro atoms. The van der Waals surface area contributed by atoms with E-state index in [4.69, 9.17) is 20.4 Å². The number of ether oxygens (including phenoxy) is 1. The summed E-state index contributed by atoms with van der Waals surface area (Å²) >= 11 is 0. The normalized spacial score (nSPS) is 16.2. The minimum atomic E-state index is -3.76. The zero-order valence-corrected chi connectivity index (χ0v) is 18.0. The largest absolute Gasteiger partial charge is 0.483 e. The Hall–Kier alpha value is -2.95. The molecule has 0 radical (unpaired) electrons. The summed E-state index contributed by atoms with van der Waals surface area (Å²) in [6.45, 7) is 1.79. The molecule has 9 nitrogen and oxygen atoms in total. The van der Waals surface area contributed by atoms with E-state index in [0.29, 0.717) is 24.0 Å². The summed E-state index contributed by atoms with van der Waals surface area (Å²) in [5.74, 6) is 0. The van der Waals surface area contributed by atoms with Crippen molar-refractivity contribution >= 4 is 33.2 Å². The summed E-state index contributed by atoms with van der Waals surface area (Å²) in [4.78, 5) is 15.1. The Labute approximate surface area is 181 Å². The first kappa shape index (κ1) is 22.7. The van der Waals surface area contributed by atoms with Crippen LogP contribution >= 0.6 is 0 Å². The van der Waals surface area contributed by atoms with Gasteiger partial charge in [-0.05, 0) is 55.3 Å². The average molecular weight is 447 g/mol. The van der Waals surface area contributed by atoms with Crippen LogP contribution in [0.15, 0.2) is 53.7 Å². The number of aromatic nitrogens is 2. The van der Waals surface area contributed by atoms with Crippen LogP contribution in [0.2, 0.25) is 0 Å². The Morgan fingerprint density at radius 2 is 2.10 bits per heavy atom. The number of benzene rings is 1. The number of anilines is 1. The van der Waals surface area contributed by atoms with E-state index >= 15 is 0 Å². The number of carbonyl (C=O) groups is 1. The third-order valence-corrected chi connectivity index (χ3v) is 6.90. The van der Waals surface area contributed by atoms with Gasteiger partial charge in [-0.3, -0.25) is 9.78 Å². The van der Waals surface area contributed by atoms with E-state index in [2.05, 4.69) is 9.88 Å². The number of nitrogens with zero attached hydrogens (tertiary/aromatic N) is 3. The summed E-state index contributed by atoms with van der Waals surface area (Å²) in [5.41, 5.74) is 8.65. The lowest BCUT2D eigenvalue weighted by Gasteiger charge is -2.19. The topological polar surface area (TPSA) is 128 Å². The van der Waals surface area contributed by atoms with E-state index in [-0.39, 0.29) is 17.5 Å². The number of methoxy groups -OCH3 is 1. The number of rotatable bonds is 6. The molecule has 0 bridgehead atoms. The number of hydrogen-bond acceptors (Lipinski definition) is 7. The molecule has 0 aliphatic carbocycles. The summed E-state index contributed by atoms with van der Waals surface area (Å²) in [7, 11) is -2.05. The smallest absolute Gasteiger partial charge is 0.290 e. The fourth-order valence-electron chi connectivity index (χ4n) is 3.74.